The zero-order valence-corrected chi connectivity index (χ0v) is 11.4. The molecule has 2 aromatic rings. The van der Waals surface area contributed by atoms with Gasteiger partial charge in [0.1, 0.15) is 17.6 Å². The van der Waals surface area contributed by atoms with Gasteiger partial charge >= 0.3 is 0 Å². The molecule has 0 bridgehead atoms. The fraction of sp³-hybridized carbons (Fsp3) is 0.250. The fourth-order valence-corrected chi connectivity index (χ4v) is 3.07. The van der Waals surface area contributed by atoms with Gasteiger partial charge in [0.15, 0.2) is 11.5 Å². The Balaban J connectivity index is 1.83. The second-order valence-electron chi connectivity index (χ2n) is 5.21. The molecular formula is C16H14O5. The first-order chi connectivity index (χ1) is 10.2. The van der Waals surface area contributed by atoms with E-state index in [2.05, 4.69) is 0 Å². The van der Waals surface area contributed by atoms with E-state index in [1.807, 2.05) is 6.07 Å². The van der Waals surface area contributed by atoms with Gasteiger partial charge in [0.25, 0.3) is 0 Å². The lowest BCUT2D eigenvalue weighted by Crippen LogP contribution is -2.22. The number of fused-ring (bicyclic) bond motifs is 5. The van der Waals surface area contributed by atoms with E-state index >= 15 is 0 Å². The molecule has 4 rings (SSSR count). The Morgan fingerprint density at radius 2 is 1.95 bits per heavy atom. The van der Waals surface area contributed by atoms with Crippen LogP contribution in [0.25, 0.3) is 0 Å². The quantitative estimate of drug-likeness (QED) is 0.843. The molecule has 2 heterocycles. The van der Waals surface area contributed by atoms with Crippen LogP contribution in [0.5, 0.6) is 28.7 Å². The van der Waals surface area contributed by atoms with Crippen LogP contribution in [-0.4, -0.2) is 23.9 Å². The molecule has 0 spiro atoms. The number of benzene rings is 2. The van der Waals surface area contributed by atoms with Crippen LogP contribution in [0.15, 0.2) is 30.3 Å². The van der Waals surface area contributed by atoms with Gasteiger partial charge in [0, 0.05) is 17.2 Å². The number of phenolic OH excluding ortho intramolecular Hbond substituents is 2. The monoisotopic (exact) mass is 286 g/mol. The molecule has 108 valence electrons. The molecule has 5 heteroatoms. The van der Waals surface area contributed by atoms with Gasteiger partial charge in [-0.25, -0.2) is 0 Å². The van der Waals surface area contributed by atoms with E-state index in [0.717, 1.165) is 11.1 Å². The largest absolute Gasteiger partial charge is 0.508 e. The van der Waals surface area contributed by atoms with Crippen LogP contribution in [0.4, 0.5) is 0 Å². The van der Waals surface area contributed by atoms with Crippen LogP contribution in [0, 0.1) is 0 Å². The van der Waals surface area contributed by atoms with Crippen molar-refractivity contribution in [1.82, 2.24) is 0 Å². The maximum atomic E-state index is 9.87. The summed E-state index contributed by atoms with van der Waals surface area (Å²) in [5.74, 6) is 1.82. The average Bonchev–Trinajstić information content (AvgIpc) is 2.85. The standard InChI is InChI=1S/C16H14O5/c1-19-16-12(18)5-4-9-11-7-20-13-6-8(17)2-3-10(13)14(11)21-15(9)16/h2-6,11,14,17-18H,7H2,1H3/t11-,14-/m0/s1. The van der Waals surface area contributed by atoms with Crippen LogP contribution in [0.2, 0.25) is 0 Å². The van der Waals surface area contributed by atoms with Gasteiger partial charge in [-0.15, -0.1) is 0 Å². The minimum atomic E-state index is -0.194. The molecule has 0 amide bonds. The van der Waals surface area contributed by atoms with Crippen molar-refractivity contribution < 1.29 is 24.4 Å². The van der Waals surface area contributed by atoms with E-state index < -0.39 is 0 Å². The third-order valence-corrected chi connectivity index (χ3v) is 4.06. The Morgan fingerprint density at radius 3 is 2.76 bits per heavy atom. The lowest BCUT2D eigenvalue weighted by Gasteiger charge is -2.27. The van der Waals surface area contributed by atoms with Crippen molar-refractivity contribution in [3.05, 3.63) is 41.5 Å². The maximum Gasteiger partial charge on any atom is 0.203 e. The van der Waals surface area contributed by atoms with Gasteiger partial charge in [-0.1, -0.05) is 6.07 Å². The highest BCUT2D eigenvalue weighted by Gasteiger charge is 2.42. The van der Waals surface area contributed by atoms with Crippen LogP contribution in [0.1, 0.15) is 23.1 Å². The molecule has 2 aliphatic heterocycles. The molecule has 0 unspecified atom stereocenters. The summed E-state index contributed by atoms with van der Waals surface area (Å²) in [4.78, 5) is 0. The molecule has 2 atom stereocenters. The molecule has 0 aliphatic carbocycles. The van der Waals surface area contributed by atoms with Crippen LogP contribution >= 0.6 is 0 Å². The van der Waals surface area contributed by atoms with E-state index in [1.165, 1.54) is 7.11 Å². The summed E-state index contributed by atoms with van der Waals surface area (Å²) in [6.07, 6.45) is -0.194. The topological polar surface area (TPSA) is 68.2 Å². The van der Waals surface area contributed by atoms with Gasteiger partial charge in [-0.05, 0) is 18.2 Å². The average molecular weight is 286 g/mol. The van der Waals surface area contributed by atoms with Gasteiger partial charge in [-0.3, -0.25) is 0 Å². The van der Waals surface area contributed by atoms with Crippen molar-refractivity contribution in [2.45, 2.75) is 12.0 Å². The predicted octanol–water partition coefficient (Wildman–Crippen LogP) is 2.72. The Kier molecular flexibility index (Phi) is 2.45. The highest BCUT2D eigenvalue weighted by Crippen LogP contribution is 2.56. The molecule has 0 saturated heterocycles. The first kappa shape index (κ1) is 12.2. The number of aromatic hydroxyl groups is 2. The van der Waals surface area contributed by atoms with Gasteiger partial charge in [0.05, 0.1) is 19.6 Å². The highest BCUT2D eigenvalue weighted by atomic mass is 16.5. The van der Waals surface area contributed by atoms with Crippen molar-refractivity contribution in [2.24, 2.45) is 0 Å². The summed E-state index contributed by atoms with van der Waals surface area (Å²) in [5.41, 5.74) is 1.86. The van der Waals surface area contributed by atoms with E-state index in [-0.39, 0.29) is 23.5 Å². The summed E-state index contributed by atoms with van der Waals surface area (Å²) in [6.45, 7) is 0.460. The molecule has 2 aliphatic rings. The molecule has 0 saturated carbocycles. The summed E-state index contributed by atoms with van der Waals surface area (Å²) < 4.78 is 17.0. The molecule has 0 aromatic heterocycles. The normalized spacial score (nSPS) is 21.6. The van der Waals surface area contributed by atoms with E-state index in [1.54, 1.807) is 24.3 Å². The zero-order valence-electron chi connectivity index (χ0n) is 11.4. The molecule has 0 fully saturated rings. The summed E-state index contributed by atoms with van der Waals surface area (Å²) in [6, 6.07) is 8.46. The first-order valence-electron chi connectivity index (χ1n) is 6.71. The number of phenols is 2. The Bertz CT molecular complexity index is 725. The highest BCUT2D eigenvalue weighted by molar-refractivity contribution is 5.60. The van der Waals surface area contributed by atoms with Crippen molar-refractivity contribution in [3.63, 3.8) is 0 Å². The lowest BCUT2D eigenvalue weighted by atomic mass is 9.89. The molecular weight excluding hydrogens is 272 g/mol. The second-order valence-corrected chi connectivity index (χ2v) is 5.21. The molecule has 0 radical (unpaired) electrons. The van der Waals surface area contributed by atoms with E-state index in [0.29, 0.717) is 23.9 Å². The van der Waals surface area contributed by atoms with Crippen LogP contribution < -0.4 is 14.2 Å². The van der Waals surface area contributed by atoms with E-state index in [9.17, 15) is 10.2 Å². The number of methoxy groups -OCH3 is 1. The maximum absolute atomic E-state index is 9.87. The summed E-state index contributed by atoms with van der Waals surface area (Å²) in [7, 11) is 1.50. The Labute approximate surface area is 121 Å². The van der Waals surface area contributed by atoms with E-state index in [4.69, 9.17) is 14.2 Å². The fourth-order valence-electron chi connectivity index (χ4n) is 3.07. The minimum Gasteiger partial charge on any atom is -0.508 e. The summed E-state index contributed by atoms with van der Waals surface area (Å²) in [5, 5.41) is 19.4. The molecule has 5 nitrogen and oxygen atoms in total. The summed E-state index contributed by atoms with van der Waals surface area (Å²) >= 11 is 0. The Morgan fingerprint density at radius 1 is 1.14 bits per heavy atom. The van der Waals surface area contributed by atoms with Crippen molar-refractivity contribution in [2.75, 3.05) is 13.7 Å². The Hall–Kier alpha value is -2.56. The predicted molar refractivity (Wildman–Crippen MR) is 74.4 cm³/mol. The minimum absolute atomic E-state index is 0.0477. The number of ether oxygens (including phenoxy) is 3. The SMILES string of the molecule is COc1c(O)ccc2c1O[C@H]1c3ccc(O)cc3OC[C@@H]21. The van der Waals surface area contributed by atoms with Crippen LogP contribution in [-0.2, 0) is 0 Å². The second kappa shape index (κ2) is 4.22. The van der Waals surface area contributed by atoms with Crippen molar-refractivity contribution in [1.29, 1.82) is 0 Å². The van der Waals surface area contributed by atoms with Crippen molar-refractivity contribution in [3.8, 4) is 28.7 Å². The van der Waals surface area contributed by atoms with Crippen molar-refractivity contribution >= 4 is 0 Å². The first-order valence-corrected chi connectivity index (χ1v) is 6.71. The molecule has 2 aromatic carbocycles. The number of hydrogen-bond acceptors (Lipinski definition) is 5. The smallest absolute Gasteiger partial charge is 0.203 e. The number of hydrogen-bond donors (Lipinski definition) is 2. The number of rotatable bonds is 1. The third kappa shape index (κ3) is 1.63. The molecule has 2 N–H and O–H groups in total. The van der Waals surface area contributed by atoms with Gasteiger partial charge in [-0.2, -0.15) is 0 Å². The van der Waals surface area contributed by atoms with Crippen LogP contribution in [0.3, 0.4) is 0 Å². The third-order valence-electron chi connectivity index (χ3n) is 4.06. The van der Waals surface area contributed by atoms with Gasteiger partial charge < -0.3 is 24.4 Å². The lowest BCUT2D eigenvalue weighted by molar-refractivity contribution is 0.136. The molecule has 21 heavy (non-hydrogen) atoms. The zero-order chi connectivity index (χ0) is 14.6. The van der Waals surface area contributed by atoms with Gasteiger partial charge in [0.2, 0.25) is 5.75 Å².